The lowest BCUT2D eigenvalue weighted by molar-refractivity contribution is 0.409. The molecule has 0 radical (unpaired) electrons. The second-order valence-corrected chi connectivity index (χ2v) is 5.46. The predicted molar refractivity (Wildman–Crippen MR) is 77.6 cm³/mol. The fourth-order valence-electron chi connectivity index (χ4n) is 1.78. The molecular weight excluding hydrogens is 314 g/mol. The summed E-state index contributed by atoms with van der Waals surface area (Å²) in [7, 11) is 1.65. The minimum absolute atomic E-state index is 0.187. The van der Waals surface area contributed by atoms with Gasteiger partial charge in [0, 0.05) is 27.8 Å². The molecular formula is C14H13BrClNO. The molecule has 0 saturated heterocycles. The summed E-state index contributed by atoms with van der Waals surface area (Å²) in [4.78, 5) is 4.20. The highest BCUT2D eigenvalue weighted by molar-refractivity contribution is 9.09. The quantitative estimate of drug-likeness (QED) is 0.776. The Morgan fingerprint density at radius 2 is 2.00 bits per heavy atom. The molecule has 0 bridgehead atoms. The first-order valence-electron chi connectivity index (χ1n) is 5.57. The molecule has 0 spiro atoms. The number of methoxy groups -OCH3 is 1. The number of aromatic nitrogens is 1. The van der Waals surface area contributed by atoms with Crippen LogP contribution in [0.5, 0.6) is 5.75 Å². The topological polar surface area (TPSA) is 22.1 Å². The highest BCUT2D eigenvalue weighted by Gasteiger charge is 2.14. The Hall–Kier alpha value is -1.06. The van der Waals surface area contributed by atoms with Gasteiger partial charge in [-0.25, -0.2) is 0 Å². The van der Waals surface area contributed by atoms with Gasteiger partial charge in [-0.05, 0) is 36.2 Å². The van der Waals surface area contributed by atoms with Crippen LogP contribution in [0.25, 0.3) is 0 Å². The van der Waals surface area contributed by atoms with E-state index >= 15 is 0 Å². The van der Waals surface area contributed by atoms with E-state index in [0.717, 1.165) is 17.7 Å². The first-order valence-corrected chi connectivity index (χ1v) is 6.86. The number of halogens is 2. The van der Waals surface area contributed by atoms with Gasteiger partial charge in [0.05, 0.1) is 7.11 Å². The zero-order chi connectivity index (χ0) is 13.0. The lowest BCUT2D eigenvalue weighted by Crippen LogP contribution is -1.99. The SMILES string of the molecule is COc1cc(Cl)ccc1C(Br)Cc1ccncc1. The summed E-state index contributed by atoms with van der Waals surface area (Å²) in [5.41, 5.74) is 2.32. The molecule has 0 aliphatic heterocycles. The number of hydrogen-bond acceptors (Lipinski definition) is 2. The number of hydrogen-bond donors (Lipinski definition) is 0. The van der Waals surface area contributed by atoms with Crippen LogP contribution in [0.2, 0.25) is 5.02 Å². The predicted octanol–water partition coefficient (Wildman–Crippen LogP) is 4.42. The molecule has 1 unspecified atom stereocenters. The van der Waals surface area contributed by atoms with Gasteiger partial charge in [-0.3, -0.25) is 4.98 Å². The summed E-state index contributed by atoms with van der Waals surface area (Å²) in [5.74, 6) is 0.804. The smallest absolute Gasteiger partial charge is 0.124 e. The molecule has 0 saturated carbocycles. The van der Waals surface area contributed by atoms with Crippen LogP contribution in [0, 0.1) is 0 Å². The van der Waals surface area contributed by atoms with Crippen LogP contribution < -0.4 is 4.74 Å². The van der Waals surface area contributed by atoms with Crippen LogP contribution in [-0.2, 0) is 6.42 Å². The van der Waals surface area contributed by atoms with Crippen molar-refractivity contribution in [2.45, 2.75) is 11.2 Å². The summed E-state index contributed by atoms with van der Waals surface area (Å²) in [5, 5.41) is 0.680. The van der Waals surface area contributed by atoms with Crippen molar-refractivity contribution in [2.75, 3.05) is 7.11 Å². The van der Waals surface area contributed by atoms with E-state index in [2.05, 4.69) is 20.9 Å². The third-order valence-electron chi connectivity index (χ3n) is 2.70. The second-order valence-electron chi connectivity index (χ2n) is 3.91. The minimum atomic E-state index is 0.187. The third kappa shape index (κ3) is 3.24. The first-order chi connectivity index (χ1) is 8.70. The van der Waals surface area contributed by atoms with Gasteiger partial charge in [-0.2, -0.15) is 0 Å². The van der Waals surface area contributed by atoms with Gasteiger partial charge < -0.3 is 4.74 Å². The molecule has 2 rings (SSSR count). The molecule has 94 valence electrons. The Balaban J connectivity index is 2.21. The largest absolute Gasteiger partial charge is 0.496 e. The molecule has 0 aliphatic rings. The van der Waals surface area contributed by atoms with Gasteiger partial charge >= 0.3 is 0 Å². The zero-order valence-electron chi connectivity index (χ0n) is 9.94. The number of pyridine rings is 1. The van der Waals surface area contributed by atoms with Crippen molar-refractivity contribution >= 4 is 27.5 Å². The molecule has 2 aromatic rings. The summed E-state index contributed by atoms with van der Waals surface area (Å²) in [6, 6.07) is 9.72. The van der Waals surface area contributed by atoms with Crippen LogP contribution in [0.3, 0.4) is 0 Å². The minimum Gasteiger partial charge on any atom is -0.496 e. The third-order valence-corrected chi connectivity index (χ3v) is 3.75. The number of alkyl halides is 1. The van der Waals surface area contributed by atoms with E-state index in [0.29, 0.717) is 5.02 Å². The highest BCUT2D eigenvalue weighted by Crippen LogP contribution is 2.35. The van der Waals surface area contributed by atoms with Gasteiger partial charge in [-0.15, -0.1) is 0 Å². The van der Waals surface area contributed by atoms with Crippen LogP contribution >= 0.6 is 27.5 Å². The van der Waals surface area contributed by atoms with Crippen molar-refractivity contribution in [3.05, 3.63) is 58.9 Å². The molecule has 0 fully saturated rings. The molecule has 0 N–H and O–H groups in total. The average molecular weight is 327 g/mol. The second kappa shape index (κ2) is 6.21. The number of rotatable bonds is 4. The summed E-state index contributed by atoms with van der Waals surface area (Å²) in [6.07, 6.45) is 4.48. The van der Waals surface area contributed by atoms with Gasteiger partial charge in [0.25, 0.3) is 0 Å². The lowest BCUT2D eigenvalue weighted by atomic mass is 10.0. The monoisotopic (exact) mass is 325 g/mol. The van der Waals surface area contributed by atoms with Gasteiger partial charge in [0.2, 0.25) is 0 Å². The van der Waals surface area contributed by atoms with Gasteiger partial charge in [-0.1, -0.05) is 33.6 Å². The number of benzene rings is 1. The molecule has 2 nitrogen and oxygen atoms in total. The molecule has 1 aromatic heterocycles. The summed E-state index contributed by atoms with van der Waals surface area (Å²) >= 11 is 9.65. The Labute approximate surface area is 120 Å². The Bertz CT molecular complexity index is 518. The Morgan fingerprint density at radius 1 is 1.28 bits per heavy atom. The van der Waals surface area contributed by atoms with E-state index in [1.807, 2.05) is 30.3 Å². The van der Waals surface area contributed by atoms with E-state index in [1.165, 1.54) is 5.56 Å². The van der Waals surface area contributed by atoms with Crippen molar-refractivity contribution in [2.24, 2.45) is 0 Å². The van der Waals surface area contributed by atoms with Crippen molar-refractivity contribution in [3.63, 3.8) is 0 Å². The average Bonchev–Trinajstić information content (AvgIpc) is 2.39. The number of ether oxygens (including phenoxy) is 1. The van der Waals surface area contributed by atoms with E-state index in [9.17, 15) is 0 Å². The molecule has 1 atom stereocenters. The maximum atomic E-state index is 5.96. The van der Waals surface area contributed by atoms with E-state index < -0.39 is 0 Å². The molecule has 18 heavy (non-hydrogen) atoms. The van der Waals surface area contributed by atoms with E-state index in [4.69, 9.17) is 16.3 Å². The standard InChI is InChI=1S/C14H13BrClNO/c1-18-14-9-11(16)2-3-12(14)13(15)8-10-4-6-17-7-5-10/h2-7,9,13H,8H2,1H3. The molecule has 1 aromatic carbocycles. The van der Waals surface area contributed by atoms with Crippen molar-refractivity contribution in [1.29, 1.82) is 0 Å². The zero-order valence-corrected chi connectivity index (χ0v) is 12.3. The number of nitrogens with zero attached hydrogens (tertiary/aromatic N) is 1. The molecule has 4 heteroatoms. The Morgan fingerprint density at radius 3 is 2.67 bits per heavy atom. The van der Waals surface area contributed by atoms with Crippen LogP contribution in [-0.4, -0.2) is 12.1 Å². The van der Waals surface area contributed by atoms with Crippen molar-refractivity contribution in [1.82, 2.24) is 4.98 Å². The molecule has 0 amide bonds. The van der Waals surface area contributed by atoms with Crippen LogP contribution in [0.1, 0.15) is 16.0 Å². The normalized spacial score (nSPS) is 12.2. The van der Waals surface area contributed by atoms with Crippen molar-refractivity contribution in [3.8, 4) is 5.75 Å². The van der Waals surface area contributed by atoms with E-state index in [1.54, 1.807) is 19.5 Å². The fraction of sp³-hybridized carbons (Fsp3) is 0.214. The summed E-state index contributed by atoms with van der Waals surface area (Å²) < 4.78 is 5.36. The van der Waals surface area contributed by atoms with Crippen molar-refractivity contribution < 1.29 is 4.74 Å². The first kappa shape index (κ1) is 13.4. The van der Waals surface area contributed by atoms with E-state index in [-0.39, 0.29) is 4.83 Å². The van der Waals surface area contributed by atoms with Gasteiger partial charge in [0.1, 0.15) is 5.75 Å². The van der Waals surface area contributed by atoms with Gasteiger partial charge in [0.15, 0.2) is 0 Å². The maximum absolute atomic E-state index is 5.96. The van der Waals surface area contributed by atoms with Crippen LogP contribution in [0.15, 0.2) is 42.7 Å². The summed E-state index contributed by atoms with van der Waals surface area (Å²) in [6.45, 7) is 0. The highest BCUT2D eigenvalue weighted by atomic mass is 79.9. The maximum Gasteiger partial charge on any atom is 0.124 e. The molecule has 0 aliphatic carbocycles. The lowest BCUT2D eigenvalue weighted by Gasteiger charge is -2.14. The fourth-order valence-corrected chi connectivity index (χ4v) is 2.69. The Kier molecular flexibility index (Phi) is 4.61. The molecule has 1 heterocycles. The van der Waals surface area contributed by atoms with Crippen LogP contribution in [0.4, 0.5) is 0 Å².